The normalized spacial score (nSPS) is 20.0. The van der Waals surface area contributed by atoms with Crippen LogP contribution in [-0.4, -0.2) is 12.3 Å². The summed E-state index contributed by atoms with van der Waals surface area (Å²) in [6.07, 6.45) is 0.605. The lowest BCUT2D eigenvalue weighted by molar-refractivity contribution is -0.135. The van der Waals surface area contributed by atoms with Crippen LogP contribution in [0.15, 0.2) is 24.3 Å². The molecule has 1 aromatic carbocycles. The fourth-order valence-electron chi connectivity index (χ4n) is 1.26. The lowest BCUT2D eigenvalue weighted by Crippen LogP contribution is -2.10. The summed E-state index contributed by atoms with van der Waals surface area (Å²) in [5, 5.41) is 0. The summed E-state index contributed by atoms with van der Waals surface area (Å²) in [5.74, 6) is -0.702. The largest absolute Gasteiger partial charge is 0.425 e. The van der Waals surface area contributed by atoms with Crippen LogP contribution in [0.2, 0.25) is 0 Å². The molecular formula is C9H6O3. The minimum Gasteiger partial charge on any atom is -0.425 e. The van der Waals surface area contributed by atoms with Crippen molar-refractivity contribution < 1.29 is 14.3 Å². The zero-order valence-corrected chi connectivity index (χ0v) is 6.19. The first kappa shape index (κ1) is 7.03. The van der Waals surface area contributed by atoms with Gasteiger partial charge in [-0.1, -0.05) is 18.2 Å². The fourth-order valence-corrected chi connectivity index (χ4v) is 1.26. The van der Waals surface area contributed by atoms with Gasteiger partial charge in [0, 0.05) is 5.56 Å². The Kier molecular flexibility index (Phi) is 1.43. The number of hydrogen-bond acceptors (Lipinski definition) is 3. The predicted molar refractivity (Wildman–Crippen MR) is 40.9 cm³/mol. The topological polar surface area (TPSA) is 43.4 Å². The van der Waals surface area contributed by atoms with E-state index in [0.29, 0.717) is 17.6 Å². The van der Waals surface area contributed by atoms with Crippen molar-refractivity contribution in [3.63, 3.8) is 0 Å². The zero-order valence-electron chi connectivity index (χ0n) is 6.19. The first-order valence-corrected chi connectivity index (χ1v) is 3.59. The first-order valence-electron chi connectivity index (χ1n) is 3.59. The smallest absolute Gasteiger partial charge is 0.326 e. The summed E-state index contributed by atoms with van der Waals surface area (Å²) in [5.41, 5.74) is 0.664. The van der Waals surface area contributed by atoms with Crippen molar-refractivity contribution in [2.24, 2.45) is 0 Å². The molecule has 0 radical (unpaired) electrons. The van der Waals surface area contributed by atoms with Crippen molar-refractivity contribution in [3.8, 4) is 5.75 Å². The second kappa shape index (κ2) is 2.44. The monoisotopic (exact) mass is 162 g/mol. The number of ether oxygens (including phenoxy) is 1. The van der Waals surface area contributed by atoms with E-state index < -0.39 is 11.9 Å². The van der Waals surface area contributed by atoms with Crippen molar-refractivity contribution in [1.29, 1.82) is 0 Å². The number of carbonyl (C=O) groups excluding carboxylic acids is 2. The molecule has 12 heavy (non-hydrogen) atoms. The Labute approximate surface area is 69.0 Å². The third kappa shape index (κ3) is 0.830. The number of fused-ring (bicyclic) bond motifs is 1. The lowest BCUT2D eigenvalue weighted by Gasteiger charge is -1.94. The van der Waals surface area contributed by atoms with Gasteiger partial charge >= 0.3 is 5.97 Å². The van der Waals surface area contributed by atoms with E-state index in [9.17, 15) is 9.59 Å². The Balaban J connectivity index is 2.54. The Hall–Kier alpha value is -1.64. The van der Waals surface area contributed by atoms with Crippen LogP contribution in [0, 0.1) is 0 Å². The van der Waals surface area contributed by atoms with Crippen LogP contribution in [0.25, 0.3) is 0 Å². The third-order valence-electron chi connectivity index (χ3n) is 1.85. The molecular weight excluding hydrogens is 156 g/mol. The van der Waals surface area contributed by atoms with Gasteiger partial charge in [0.25, 0.3) is 0 Å². The van der Waals surface area contributed by atoms with Crippen molar-refractivity contribution in [1.82, 2.24) is 0 Å². The highest BCUT2D eigenvalue weighted by atomic mass is 16.5. The van der Waals surface area contributed by atoms with Gasteiger partial charge in [0.15, 0.2) is 0 Å². The number of aldehydes is 1. The average Bonchev–Trinajstić information content (AvgIpc) is 2.40. The summed E-state index contributed by atoms with van der Waals surface area (Å²) < 4.78 is 4.84. The van der Waals surface area contributed by atoms with Gasteiger partial charge in [-0.2, -0.15) is 0 Å². The van der Waals surface area contributed by atoms with E-state index >= 15 is 0 Å². The molecule has 3 nitrogen and oxygen atoms in total. The van der Waals surface area contributed by atoms with E-state index in [-0.39, 0.29) is 0 Å². The minimum atomic E-state index is -0.721. The molecule has 1 atom stereocenters. The van der Waals surface area contributed by atoms with Gasteiger partial charge < -0.3 is 9.53 Å². The van der Waals surface area contributed by atoms with Crippen LogP contribution in [0.3, 0.4) is 0 Å². The number of esters is 1. The van der Waals surface area contributed by atoms with Crippen molar-refractivity contribution in [3.05, 3.63) is 29.8 Å². The molecule has 0 aliphatic carbocycles. The van der Waals surface area contributed by atoms with Crippen LogP contribution in [-0.2, 0) is 9.59 Å². The van der Waals surface area contributed by atoms with Gasteiger partial charge in [0.05, 0.1) is 0 Å². The second-order valence-electron chi connectivity index (χ2n) is 2.57. The first-order chi connectivity index (χ1) is 5.83. The summed E-state index contributed by atoms with van der Waals surface area (Å²) in [7, 11) is 0. The molecule has 3 heteroatoms. The molecule has 1 aliphatic rings. The summed E-state index contributed by atoms with van der Waals surface area (Å²) >= 11 is 0. The molecule has 0 saturated heterocycles. The van der Waals surface area contributed by atoms with Gasteiger partial charge in [-0.05, 0) is 6.07 Å². The van der Waals surface area contributed by atoms with Gasteiger partial charge in [-0.3, -0.25) is 4.79 Å². The van der Waals surface area contributed by atoms with Gasteiger partial charge in [-0.15, -0.1) is 0 Å². The molecule has 0 spiro atoms. The maximum absolute atomic E-state index is 11.0. The summed E-state index contributed by atoms with van der Waals surface area (Å²) in [6.45, 7) is 0. The summed E-state index contributed by atoms with van der Waals surface area (Å²) in [6, 6.07) is 6.94. The number of hydrogen-bond donors (Lipinski definition) is 0. The molecule has 2 rings (SSSR count). The number of benzene rings is 1. The summed E-state index contributed by atoms with van der Waals surface area (Å²) in [4.78, 5) is 21.5. The number of rotatable bonds is 1. The Morgan fingerprint density at radius 1 is 1.33 bits per heavy atom. The molecule has 0 N–H and O–H groups in total. The van der Waals surface area contributed by atoms with E-state index in [1.807, 2.05) is 0 Å². The highest BCUT2D eigenvalue weighted by molar-refractivity contribution is 5.99. The molecule has 60 valence electrons. The quantitative estimate of drug-likeness (QED) is 0.266. The highest BCUT2D eigenvalue weighted by Crippen LogP contribution is 2.32. The van der Waals surface area contributed by atoms with E-state index in [4.69, 9.17) is 4.74 Å². The molecule has 0 saturated carbocycles. The van der Waals surface area contributed by atoms with E-state index in [2.05, 4.69) is 0 Å². The van der Waals surface area contributed by atoms with Crippen LogP contribution in [0.4, 0.5) is 0 Å². The molecule has 1 aliphatic heterocycles. The van der Waals surface area contributed by atoms with Crippen molar-refractivity contribution in [2.45, 2.75) is 5.92 Å². The number of carbonyl (C=O) groups is 2. The Bertz CT molecular complexity index is 343. The van der Waals surface area contributed by atoms with Crippen LogP contribution < -0.4 is 4.74 Å². The number of para-hydroxylation sites is 1. The molecule has 0 bridgehead atoms. The molecule has 0 aromatic heterocycles. The molecule has 0 fully saturated rings. The van der Waals surface area contributed by atoms with Crippen LogP contribution in [0.5, 0.6) is 5.75 Å². The SMILES string of the molecule is O=CC1C(=O)Oc2ccccc21. The lowest BCUT2D eigenvalue weighted by atomic mass is 10.0. The van der Waals surface area contributed by atoms with Crippen LogP contribution in [0.1, 0.15) is 11.5 Å². The maximum atomic E-state index is 11.0. The molecule has 1 heterocycles. The van der Waals surface area contributed by atoms with Crippen molar-refractivity contribution in [2.75, 3.05) is 0 Å². The van der Waals surface area contributed by atoms with E-state index in [1.165, 1.54) is 0 Å². The highest BCUT2D eigenvalue weighted by Gasteiger charge is 2.31. The standard InChI is InChI=1S/C9H6O3/c10-5-7-6-3-1-2-4-8(6)12-9(7)11/h1-5,7H. The van der Waals surface area contributed by atoms with Gasteiger partial charge in [0.2, 0.25) is 0 Å². The third-order valence-corrected chi connectivity index (χ3v) is 1.85. The minimum absolute atomic E-state index is 0.480. The Morgan fingerprint density at radius 3 is 2.83 bits per heavy atom. The van der Waals surface area contributed by atoms with E-state index in [0.717, 1.165) is 0 Å². The maximum Gasteiger partial charge on any atom is 0.326 e. The molecule has 0 amide bonds. The molecule has 1 unspecified atom stereocenters. The second-order valence-corrected chi connectivity index (χ2v) is 2.57. The van der Waals surface area contributed by atoms with Gasteiger partial charge in [0.1, 0.15) is 18.0 Å². The Morgan fingerprint density at radius 2 is 2.08 bits per heavy atom. The zero-order chi connectivity index (χ0) is 8.55. The molecule has 1 aromatic rings. The average molecular weight is 162 g/mol. The fraction of sp³-hybridized carbons (Fsp3) is 0.111. The van der Waals surface area contributed by atoms with Gasteiger partial charge in [-0.25, -0.2) is 0 Å². The van der Waals surface area contributed by atoms with E-state index in [1.54, 1.807) is 24.3 Å². The predicted octanol–water partition coefficient (Wildman–Crippen LogP) is 0.888. The van der Waals surface area contributed by atoms with Crippen LogP contribution >= 0.6 is 0 Å². The van der Waals surface area contributed by atoms with Crippen molar-refractivity contribution >= 4 is 12.3 Å².